The lowest BCUT2D eigenvalue weighted by molar-refractivity contribution is 0.0983. The fourth-order valence-electron chi connectivity index (χ4n) is 2.85. The van der Waals surface area contributed by atoms with Gasteiger partial charge in [0.2, 0.25) is 5.78 Å². The largest absolute Gasteiger partial charge is 0.496 e. The third-order valence-corrected chi connectivity index (χ3v) is 8.05. The van der Waals surface area contributed by atoms with Gasteiger partial charge in [0.1, 0.15) is 5.75 Å². The third kappa shape index (κ3) is 2.03. The summed E-state index contributed by atoms with van der Waals surface area (Å²) in [5.41, 5.74) is 2.23. The van der Waals surface area contributed by atoms with Gasteiger partial charge in [-0.05, 0) is 56.5 Å². The number of aryl methyl sites for hydroxylation is 1. The molecule has 0 N–H and O–H groups in total. The number of hydrogen-bond acceptors (Lipinski definition) is 5. The van der Waals surface area contributed by atoms with E-state index in [1.54, 1.807) is 19.2 Å². The standard InChI is InChI=1S/C16H8Br2O3S2/c1-5-3-6-7(4-8(5)21-2)12(20)13-9(11(6)19)10-14(22-13)16(18)23-15(10)17/h3-4H,1-2H3. The molecule has 23 heavy (non-hydrogen) atoms. The van der Waals surface area contributed by atoms with Crippen molar-refractivity contribution >= 4 is 76.2 Å². The second kappa shape index (κ2) is 5.24. The van der Waals surface area contributed by atoms with Gasteiger partial charge in [0.15, 0.2) is 5.78 Å². The van der Waals surface area contributed by atoms with Gasteiger partial charge in [0, 0.05) is 16.5 Å². The van der Waals surface area contributed by atoms with Crippen molar-refractivity contribution in [2.24, 2.45) is 0 Å². The lowest BCUT2D eigenvalue weighted by atomic mass is 9.86. The number of hydrogen-bond donors (Lipinski definition) is 0. The molecule has 3 aromatic rings. The molecular formula is C16H8Br2O3S2. The number of fused-ring (bicyclic) bond motifs is 4. The van der Waals surface area contributed by atoms with E-state index in [2.05, 4.69) is 31.9 Å². The lowest BCUT2D eigenvalue weighted by Gasteiger charge is -2.17. The maximum Gasteiger partial charge on any atom is 0.204 e. The molecule has 2 aromatic heterocycles. The predicted molar refractivity (Wildman–Crippen MR) is 99.7 cm³/mol. The highest BCUT2D eigenvalue weighted by Crippen LogP contribution is 2.49. The molecule has 0 atom stereocenters. The summed E-state index contributed by atoms with van der Waals surface area (Å²) in [6.45, 7) is 1.87. The summed E-state index contributed by atoms with van der Waals surface area (Å²) < 4.78 is 8.02. The second-order valence-corrected chi connectivity index (χ2v) is 9.86. The monoisotopic (exact) mass is 470 g/mol. The van der Waals surface area contributed by atoms with Crippen LogP contribution in [0.15, 0.2) is 19.7 Å². The molecule has 0 radical (unpaired) electrons. The van der Waals surface area contributed by atoms with Crippen LogP contribution in [0.2, 0.25) is 0 Å². The highest BCUT2D eigenvalue weighted by Gasteiger charge is 2.36. The molecule has 1 aliphatic rings. The summed E-state index contributed by atoms with van der Waals surface area (Å²) in [4.78, 5) is 26.4. The Kier molecular flexibility index (Phi) is 3.53. The van der Waals surface area contributed by atoms with Gasteiger partial charge in [-0.25, -0.2) is 0 Å². The fraction of sp³-hybridized carbons (Fsp3) is 0.125. The van der Waals surface area contributed by atoms with E-state index in [-0.39, 0.29) is 11.6 Å². The van der Waals surface area contributed by atoms with Gasteiger partial charge in [0.05, 0.1) is 29.8 Å². The Bertz CT molecular complexity index is 1030. The molecule has 0 spiro atoms. The van der Waals surface area contributed by atoms with E-state index in [4.69, 9.17) is 4.74 Å². The number of methoxy groups -OCH3 is 1. The van der Waals surface area contributed by atoms with Gasteiger partial charge in [-0.1, -0.05) is 0 Å². The van der Waals surface area contributed by atoms with E-state index < -0.39 is 0 Å². The summed E-state index contributed by atoms with van der Waals surface area (Å²) in [6, 6.07) is 3.42. The topological polar surface area (TPSA) is 43.4 Å². The number of benzene rings is 1. The van der Waals surface area contributed by atoms with Gasteiger partial charge in [-0.3, -0.25) is 9.59 Å². The van der Waals surface area contributed by atoms with E-state index in [9.17, 15) is 9.59 Å². The second-order valence-electron chi connectivity index (χ2n) is 5.19. The van der Waals surface area contributed by atoms with Crippen LogP contribution in [0.25, 0.3) is 10.1 Å². The van der Waals surface area contributed by atoms with Crippen LogP contribution in [-0.2, 0) is 0 Å². The van der Waals surface area contributed by atoms with E-state index in [1.165, 1.54) is 22.7 Å². The molecule has 0 unspecified atom stereocenters. The molecule has 7 heteroatoms. The normalized spacial score (nSPS) is 13.4. The highest BCUT2D eigenvalue weighted by atomic mass is 79.9. The Hall–Kier alpha value is -1.02. The highest BCUT2D eigenvalue weighted by molar-refractivity contribution is 9.12. The smallest absolute Gasteiger partial charge is 0.204 e. The maximum atomic E-state index is 13.0. The maximum absolute atomic E-state index is 13.0. The van der Waals surface area contributed by atoms with Crippen LogP contribution in [-0.4, -0.2) is 18.7 Å². The quantitative estimate of drug-likeness (QED) is 0.364. The first-order valence-corrected chi connectivity index (χ1v) is 9.84. The van der Waals surface area contributed by atoms with Crippen molar-refractivity contribution in [2.75, 3.05) is 7.11 Å². The molecular weight excluding hydrogens is 464 g/mol. The average Bonchev–Trinajstić information content (AvgIpc) is 3.04. The van der Waals surface area contributed by atoms with Crippen LogP contribution in [0.5, 0.6) is 5.75 Å². The number of halogens is 2. The van der Waals surface area contributed by atoms with Crippen molar-refractivity contribution in [3.8, 4) is 5.75 Å². The Morgan fingerprint density at radius 2 is 1.70 bits per heavy atom. The van der Waals surface area contributed by atoms with Crippen molar-refractivity contribution in [1.82, 2.24) is 0 Å². The molecule has 0 amide bonds. The van der Waals surface area contributed by atoms with Crippen molar-refractivity contribution < 1.29 is 14.3 Å². The van der Waals surface area contributed by atoms with E-state index >= 15 is 0 Å². The molecule has 1 aromatic carbocycles. The number of carbonyl (C=O) groups excluding carboxylic acids is 2. The minimum atomic E-state index is -0.113. The van der Waals surface area contributed by atoms with Crippen LogP contribution in [0.1, 0.15) is 36.7 Å². The van der Waals surface area contributed by atoms with Gasteiger partial charge >= 0.3 is 0 Å². The van der Waals surface area contributed by atoms with E-state index in [0.717, 1.165) is 23.2 Å². The molecule has 0 saturated heterocycles. The Balaban J connectivity index is 2.07. The zero-order valence-corrected chi connectivity index (χ0v) is 16.8. The first kappa shape index (κ1) is 15.5. The molecule has 0 bridgehead atoms. The Morgan fingerprint density at radius 3 is 2.39 bits per heavy atom. The van der Waals surface area contributed by atoms with Gasteiger partial charge in [-0.2, -0.15) is 0 Å². The molecule has 3 nitrogen and oxygen atoms in total. The minimum absolute atomic E-state index is 0.0994. The fourth-order valence-corrected chi connectivity index (χ4v) is 7.50. The molecule has 1 aliphatic carbocycles. The number of ketones is 2. The van der Waals surface area contributed by atoms with Crippen LogP contribution >= 0.6 is 54.5 Å². The summed E-state index contributed by atoms with van der Waals surface area (Å²) in [7, 11) is 1.56. The summed E-state index contributed by atoms with van der Waals surface area (Å²) >= 11 is 9.90. The first-order valence-electron chi connectivity index (χ1n) is 6.62. The third-order valence-electron chi connectivity index (χ3n) is 3.92. The average molecular weight is 472 g/mol. The Labute approximate surface area is 156 Å². The number of ether oxygens (including phenoxy) is 1. The summed E-state index contributed by atoms with van der Waals surface area (Å²) in [5.74, 6) is 0.406. The lowest BCUT2D eigenvalue weighted by Crippen LogP contribution is -2.19. The molecule has 0 aliphatic heterocycles. The summed E-state index contributed by atoms with van der Waals surface area (Å²) in [6.07, 6.45) is 0. The predicted octanol–water partition coefficient (Wildman–Crippen LogP) is 5.58. The van der Waals surface area contributed by atoms with Gasteiger partial charge < -0.3 is 4.74 Å². The van der Waals surface area contributed by atoms with Gasteiger partial charge in [0.25, 0.3) is 0 Å². The SMILES string of the molecule is COc1cc2c(cc1C)C(=O)c1c(sc3c(Br)sc(Br)c13)C2=O. The number of carbonyl (C=O) groups is 2. The number of rotatable bonds is 1. The molecule has 2 heterocycles. The molecule has 0 fully saturated rings. The van der Waals surface area contributed by atoms with E-state index in [0.29, 0.717) is 27.3 Å². The minimum Gasteiger partial charge on any atom is -0.496 e. The molecule has 0 saturated carbocycles. The van der Waals surface area contributed by atoms with Crippen LogP contribution in [0.3, 0.4) is 0 Å². The summed E-state index contributed by atoms with van der Waals surface area (Å²) in [5, 5.41) is 0.833. The van der Waals surface area contributed by atoms with E-state index in [1.807, 2.05) is 6.92 Å². The van der Waals surface area contributed by atoms with Gasteiger partial charge in [-0.15, -0.1) is 22.7 Å². The van der Waals surface area contributed by atoms with Crippen LogP contribution in [0, 0.1) is 6.92 Å². The molecule has 4 rings (SSSR count). The van der Waals surface area contributed by atoms with Crippen molar-refractivity contribution in [3.05, 3.63) is 46.8 Å². The Morgan fingerprint density at radius 1 is 1.00 bits per heavy atom. The zero-order chi connectivity index (χ0) is 16.5. The van der Waals surface area contributed by atoms with Crippen molar-refractivity contribution in [2.45, 2.75) is 6.92 Å². The first-order chi connectivity index (χ1) is 10.9. The zero-order valence-electron chi connectivity index (χ0n) is 12.0. The van der Waals surface area contributed by atoms with Crippen molar-refractivity contribution in [3.63, 3.8) is 0 Å². The van der Waals surface area contributed by atoms with Crippen LogP contribution < -0.4 is 4.74 Å². The van der Waals surface area contributed by atoms with Crippen molar-refractivity contribution in [1.29, 1.82) is 0 Å². The van der Waals surface area contributed by atoms with Crippen LogP contribution in [0.4, 0.5) is 0 Å². The molecule has 116 valence electrons. The number of thiophene rings is 2.